The molecule has 17 heavy (non-hydrogen) atoms. The minimum absolute atomic E-state index is 0.194. The first-order valence-electron chi connectivity index (χ1n) is 6.31. The van der Waals surface area contributed by atoms with Gasteiger partial charge in [0.25, 0.3) is 0 Å². The summed E-state index contributed by atoms with van der Waals surface area (Å²) in [5.74, 6) is 0.598. The van der Waals surface area contributed by atoms with Crippen molar-refractivity contribution in [2.24, 2.45) is 5.92 Å². The van der Waals surface area contributed by atoms with E-state index in [1.165, 1.54) is 11.1 Å². The van der Waals surface area contributed by atoms with Gasteiger partial charge in [-0.3, -0.25) is 4.79 Å². The van der Waals surface area contributed by atoms with Crippen LogP contribution in [0.2, 0.25) is 0 Å². The summed E-state index contributed by atoms with van der Waals surface area (Å²) in [6.45, 7) is 10.1. The maximum Gasteiger partial charge on any atom is 0.158 e. The minimum atomic E-state index is 0.194. The minimum Gasteiger partial charge on any atom is -0.295 e. The molecule has 1 nitrogen and oxygen atoms in total. The standard InChI is InChI=1S/C16H22O/c1-5-14-6-8-15(9-7-14)11-13(4)16(17)10-12(2)3/h6-9,12H,4-5,10-11H2,1-3H3. The molecule has 0 atom stereocenters. The molecule has 0 saturated heterocycles. The molecule has 0 bridgehead atoms. The molecule has 0 saturated carbocycles. The van der Waals surface area contributed by atoms with Crippen LogP contribution in [-0.2, 0) is 17.6 Å². The zero-order chi connectivity index (χ0) is 12.8. The summed E-state index contributed by atoms with van der Waals surface area (Å²) < 4.78 is 0. The molecule has 0 heterocycles. The molecule has 1 heteroatoms. The maximum absolute atomic E-state index is 11.8. The summed E-state index contributed by atoms with van der Waals surface area (Å²) >= 11 is 0. The van der Waals surface area contributed by atoms with E-state index in [4.69, 9.17) is 0 Å². The van der Waals surface area contributed by atoms with E-state index < -0.39 is 0 Å². The number of hydrogen-bond donors (Lipinski definition) is 0. The number of aryl methyl sites for hydroxylation is 1. The number of rotatable bonds is 6. The van der Waals surface area contributed by atoms with E-state index >= 15 is 0 Å². The van der Waals surface area contributed by atoms with Gasteiger partial charge in [0.2, 0.25) is 0 Å². The van der Waals surface area contributed by atoms with Gasteiger partial charge in [-0.25, -0.2) is 0 Å². The molecule has 0 unspecified atom stereocenters. The molecule has 1 aromatic carbocycles. The maximum atomic E-state index is 11.8. The van der Waals surface area contributed by atoms with Crippen molar-refractivity contribution in [3.63, 3.8) is 0 Å². The van der Waals surface area contributed by atoms with Crippen LogP contribution in [0, 0.1) is 5.92 Å². The van der Waals surface area contributed by atoms with Crippen molar-refractivity contribution in [3.05, 3.63) is 47.5 Å². The lowest BCUT2D eigenvalue weighted by Crippen LogP contribution is -2.07. The fourth-order valence-corrected chi connectivity index (χ4v) is 1.75. The lowest BCUT2D eigenvalue weighted by Gasteiger charge is -2.07. The molecule has 0 radical (unpaired) electrons. The second kappa shape index (κ2) is 6.39. The Balaban J connectivity index is 2.58. The first-order valence-corrected chi connectivity index (χ1v) is 6.31. The number of hydrogen-bond acceptors (Lipinski definition) is 1. The number of ketones is 1. The van der Waals surface area contributed by atoms with Gasteiger partial charge in [0.05, 0.1) is 0 Å². The Labute approximate surface area is 105 Å². The van der Waals surface area contributed by atoms with E-state index in [2.05, 4.69) is 51.6 Å². The van der Waals surface area contributed by atoms with Gasteiger partial charge in [-0.1, -0.05) is 51.6 Å². The summed E-state index contributed by atoms with van der Waals surface area (Å²) in [4.78, 5) is 11.8. The SMILES string of the molecule is C=C(Cc1ccc(CC)cc1)C(=O)CC(C)C. The predicted octanol–water partition coefficient (Wildman–Crippen LogP) is 3.96. The predicted molar refractivity (Wildman–Crippen MR) is 73.1 cm³/mol. The molecule has 0 aliphatic heterocycles. The highest BCUT2D eigenvalue weighted by Gasteiger charge is 2.09. The van der Waals surface area contributed by atoms with E-state index in [0.717, 1.165) is 12.0 Å². The largest absolute Gasteiger partial charge is 0.295 e. The number of allylic oxidation sites excluding steroid dienone is 1. The van der Waals surface area contributed by atoms with Gasteiger partial charge in [-0.2, -0.15) is 0 Å². The van der Waals surface area contributed by atoms with Crippen molar-refractivity contribution in [3.8, 4) is 0 Å². The van der Waals surface area contributed by atoms with Crippen LogP contribution >= 0.6 is 0 Å². The first-order chi connectivity index (χ1) is 8.02. The van der Waals surface area contributed by atoms with Gasteiger partial charge in [0, 0.05) is 12.8 Å². The van der Waals surface area contributed by atoms with E-state index in [1.807, 2.05) is 0 Å². The van der Waals surface area contributed by atoms with Gasteiger partial charge in [0.1, 0.15) is 0 Å². The highest BCUT2D eigenvalue weighted by molar-refractivity contribution is 5.95. The fraction of sp³-hybridized carbons (Fsp3) is 0.438. The smallest absolute Gasteiger partial charge is 0.158 e. The third kappa shape index (κ3) is 4.56. The van der Waals surface area contributed by atoms with E-state index in [0.29, 0.717) is 18.8 Å². The Kier molecular flexibility index (Phi) is 5.14. The average molecular weight is 230 g/mol. The topological polar surface area (TPSA) is 17.1 Å². The van der Waals surface area contributed by atoms with Crippen LogP contribution in [0.25, 0.3) is 0 Å². The molecule has 0 amide bonds. The number of Topliss-reactive ketones (excluding diaryl/α,β-unsaturated/α-hetero) is 1. The van der Waals surface area contributed by atoms with Gasteiger partial charge < -0.3 is 0 Å². The molecule has 0 aromatic heterocycles. The van der Waals surface area contributed by atoms with Gasteiger partial charge in [0.15, 0.2) is 5.78 Å². The fourth-order valence-electron chi connectivity index (χ4n) is 1.75. The third-order valence-electron chi connectivity index (χ3n) is 2.84. The molecule has 1 rings (SSSR count). The number of carbonyl (C=O) groups excluding carboxylic acids is 1. The Morgan fingerprint density at radius 1 is 1.18 bits per heavy atom. The van der Waals surface area contributed by atoms with Crippen molar-refractivity contribution in [1.82, 2.24) is 0 Å². The first kappa shape index (κ1) is 13.7. The molecule has 92 valence electrons. The van der Waals surface area contributed by atoms with Crippen LogP contribution in [0.1, 0.15) is 38.3 Å². The molecule has 1 aromatic rings. The molecule has 0 aliphatic carbocycles. The second-order valence-electron chi connectivity index (χ2n) is 4.97. The van der Waals surface area contributed by atoms with Gasteiger partial charge >= 0.3 is 0 Å². The van der Waals surface area contributed by atoms with Crippen LogP contribution in [0.15, 0.2) is 36.4 Å². The second-order valence-corrected chi connectivity index (χ2v) is 4.97. The molecule has 0 spiro atoms. The quantitative estimate of drug-likeness (QED) is 0.676. The lowest BCUT2D eigenvalue weighted by atomic mass is 9.96. The lowest BCUT2D eigenvalue weighted by molar-refractivity contribution is -0.116. The van der Waals surface area contributed by atoms with Crippen molar-refractivity contribution in [2.75, 3.05) is 0 Å². The van der Waals surface area contributed by atoms with Crippen LogP contribution in [0.5, 0.6) is 0 Å². The van der Waals surface area contributed by atoms with Gasteiger partial charge in [-0.15, -0.1) is 0 Å². The summed E-state index contributed by atoms with van der Waals surface area (Å²) in [6.07, 6.45) is 2.33. The van der Waals surface area contributed by atoms with Crippen molar-refractivity contribution in [1.29, 1.82) is 0 Å². The molecule has 0 fully saturated rings. The highest BCUT2D eigenvalue weighted by Crippen LogP contribution is 2.13. The summed E-state index contributed by atoms with van der Waals surface area (Å²) in [6, 6.07) is 8.42. The average Bonchev–Trinajstić information content (AvgIpc) is 2.29. The zero-order valence-corrected chi connectivity index (χ0v) is 11.1. The Hall–Kier alpha value is -1.37. The molecular weight excluding hydrogens is 208 g/mol. The summed E-state index contributed by atoms with van der Waals surface area (Å²) in [5, 5.41) is 0. The monoisotopic (exact) mass is 230 g/mol. The molecule has 0 aliphatic rings. The van der Waals surface area contributed by atoms with E-state index in [9.17, 15) is 4.79 Å². The summed E-state index contributed by atoms with van der Waals surface area (Å²) in [7, 11) is 0. The Morgan fingerprint density at radius 3 is 2.18 bits per heavy atom. The van der Waals surface area contributed by atoms with Crippen molar-refractivity contribution >= 4 is 5.78 Å². The molecule has 0 N–H and O–H groups in total. The van der Waals surface area contributed by atoms with Gasteiger partial charge in [-0.05, 0) is 29.0 Å². The zero-order valence-electron chi connectivity index (χ0n) is 11.1. The number of carbonyl (C=O) groups is 1. The van der Waals surface area contributed by atoms with Crippen molar-refractivity contribution < 1.29 is 4.79 Å². The highest BCUT2D eigenvalue weighted by atomic mass is 16.1. The van der Waals surface area contributed by atoms with Crippen LogP contribution in [0.3, 0.4) is 0 Å². The van der Waals surface area contributed by atoms with Crippen LogP contribution < -0.4 is 0 Å². The summed E-state index contributed by atoms with van der Waals surface area (Å²) in [5.41, 5.74) is 3.22. The van der Waals surface area contributed by atoms with Crippen molar-refractivity contribution in [2.45, 2.75) is 40.0 Å². The van der Waals surface area contributed by atoms with Crippen LogP contribution in [0.4, 0.5) is 0 Å². The van der Waals surface area contributed by atoms with Crippen LogP contribution in [-0.4, -0.2) is 5.78 Å². The third-order valence-corrected chi connectivity index (χ3v) is 2.84. The normalized spacial score (nSPS) is 10.6. The Morgan fingerprint density at radius 2 is 1.71 bits per heavy atom. The Bertz CT molecular complexity index is 384. The molecular formula is C16H22O. The number of benzene rings is 1. The van der Waals surface area contributed by atoms with E-state index in [-0.39, 0.29) is 5.78 Å². The van der Waals surface area contributed by atoms with E-state index in [1.54, 1.807) is 0 Å².